The van der Waals surface area contributed by atoms with Crippen molar-refractivity contribution in [3.63, 3.8) is 0 Å². The molecule has 1 rings (SSSR count). The average Bonchev–Trinajstić information content (AvgIpc) is 2.80. The van der Waals surface area contributed by atoms with Crippen molar-refractivity contribution in [3.05, 3.63) is 0 Å². The summed E-state index contributed by atoms with van der Waals surface area (Å²) in [5.74, 6) is 0.134. The molecular formula is C10H18N2. The molecule has 1 N–H and O–H groups in total. The van der Waals surface area contributed by atoms with Crippen molar-refractivity contribution in [1.29, 1.82) is 5.26 Å². The highest BCUT2D eigenvalue weighted by atomic mass is 14.9. The van der Waals surface area contributed by atoms with E-state index in [9.17, 15) is 0 Å². The van der Waals surface area contributed by atoms with E-state index in [2.05, 4.69) is 25.2 Å². The number of nitrogens with one attached hydrogen (secondary N) is 1. The van der Waals surface area contributed by atoms with Gasteiger partial charge in [0.25, 0.3) is 0 Å². The molecule has 1 aliphatic carbocycles. The van der Waals surface area contributed by atoms with Gasteiger partial charge in [0.1, 0.15) is 0 Å². The fraction of sp³-hybridized carbons (Fsp3) is 0.900. The Balaban J connectivity index is 2.19. The van der Waals surface area contributed by atoms with Crippen molar-refractivity contribution in [2.24, 2.45) is 11.3 Å². The van der Waals surface area contributed by atoms with Gasteiger partial charge in [0.05, 0.1) is 12.0 Å². The lowest BCUT2D eigenvalue weighted by atomic mass is 10.0. The van der Waals surface area contributed by atoms with Crippen molar-refractivity contribution in [2.75, 3.05) is 6.54 Å². The SMILES string of the molecule is CC(C#N)CNC(C)C1(C)CC1. The highest BCUT2D eigenvalue weighted by molar-refractivity contribution is 4.97. The number of hydrogen-bond acceptors (Lipinski definition) is 2. The van der Waals surface area contributed by atoms with Crippen LogP contribution in [0.5, 0.6) is 0 Å². The fourth-order valence-corrected chi connectivity index (χ4v) is 1.28. The lowest BCUT2D eigenvalue weighted by Crippen LogP contribution is -2.35. The van der Waals surface area contributed by atoms with Gasteiger partial charge in [-0.25, -0.2) is 0 Å². The fourth-order valence-electron chi connectivity index (χ4n) is 1.28. The van der Waals surface area contributed by atoms with E-state index >= 15 is 0 Å². The molecule has 0 amide bonds. The molecule has 2 heteroatoms. The maximum Gasteiger partial charge on any atom is 0.0666 e. The molecule has 0 aliphatic heterocycles. The van der Waals surface area contributed by atoms with Gasteiger partial charge in [0.2, 0.25) is 0 Å². The van der Waals surface area contributed by atoms with Crippen molar-refractivity contribution in [3.8, 4) is 6.07 Å². The summed E-state index contributed by atoms with van der Waals surface area (Å²) >= 11 is 0. The Hall–Kier alpha value is -0.550. The Bertz CT molecular complexity index is 189. The normalized spacial score (nSPS) is 24.2. The van der Waals surface area contributed by atoms with Gasteiger partial charge in [-0.3, -0.25) is 0 Å². The van der Waals surface area contributed by atoms with Crippen LogP contribution in [0.4, 0.5) is 0 Å². The Kier molecular flexibility index (Phi) is 2.74. The third kappa shape index (κ3) is 2.22. The lowest BCUT2D eigenvalue weighted by Gasteiger charge is -2.20. The Labute approximate surface area is 75.0 Å². The van der Waals surface area contributed by atoms with Crippen LogP contribution in [0.15, 0.2) is 0 Å². The van der Waals surface area contributed by atoms with Gasteiger partial charge >= 0.3 is 0 Å². The highest BCUT2D eigenvalue weighted by Gasteiger charge is 2.42. The van der Waals surface area contributed by atoms with E-state index < -0.39 is 0 Å². The molecule has 0 aromatic rings. The van der Waals surface area contributed by atoms with Gasteiger partial charge in [0.15, 0.2) is 0 Å². The molecule has 1 aliphatic rings. The van der Waals surface area contributed by atoms with Gasteiger partial charge in [-0.1, -0.05) is 6.92 Å². The summed E-state index contributed by atoms with van der Waals surface area (Å²) in [6, 6.07) is 2.79. The molecule has 68 valence electrons. The van der Waals surface area contributed by atoms with Gasteiger partial charge in [-0.05, 0) is 32.1 Å². The van der Waals surface area contributed by atoms with E-state index in [0.717, 1.165) is 6.54 Å². The molecule has 2 unspecified atom stereocenters. The predicted octanol–water partition coefficient (Wildman–Crippen LogP) is 1.92. The smallest absolute Gasteiger partial charge is 0.0666 e. The van der Waals surface area contributed by atoms with E-state index in [4.69, 9.17) is 5.26 Å². The molecular weight excluding hydrogens is 148 g/mol. The van der Waals surface area contributed by atoms with E-state index in [-0.39, 0.29) is 5.92 Å². The summed E-state index contributed by atoms with van der Waals surface area (Å²) in [6.07, 6.45) is 2.67. The van der Waals surface area contributed by atoms with Crippen LogP contribution in [0.1, 0.15) is 33.6 Å². The molecule has 12 heavy (non-hydrogen) atoms. The molecule has 0 bridgehead atoms. The Morgan fingerprint density at radius 2 is 2.08 bits per heavy atom. The summed E-state index contributed by atoms with van der Waals surface area (Å²) in [5.41, 5.74) is 0.523. The van der Waals surface area contributed by atoms with Gasteiger partial charge in [0, 0.05) is 12.6 Å². The molecule has 2 atom stereocenters. The zero-order valence-electron chi connectivity index (χ0n) is 8.22. The van der Waals surface area contributed by atoms with Crippen LogP contribution in [-0.2, 0) is 0 Å². The van der Waals surface area contributed by atoms with Crippen LogP contribution in [0.3, 0.4) is 0 Å². The second-order valence-corrected chi connectivity index (χ2v) is 4.31. The molecule has 0 aromatic carbocycles. The molecule has 0 radical (unpaired) electrons. The van der Waals surface area contributed by atoms with Crippen molar-refractivity contribution < 1.29 is 0 Å². The average molecular weight is 166 g/mol. The summed E-state index contributed by atoms with van der Waals surface area (Å²) in [5, 5.41) is 12.0. The number of hydrogen-bond donors (Lipinski definition) is 1. The maximum absolute atomic E-state index is 8.58. The largest absolute Gasteiger partial charge is 0.312 e. The summed E-state index contributed by atoms with van der Waals surface area (Å²) in [7, 11) is 0. The summed E-state index contributed by atoms with van der Waals surface area (Å²) < 4.78 is 0. The zero-order valence-corrected chi connectivity index (χ0v) is 8.22. The number of nitrogens with zero attached hydrogens (tertiary/aromatic N) is 1. The summed E-state index contributed by atoms with van der Waals surface area (Å²) in [4.78, 5) is 0. The van der Waals surface area contributed by atoms with Crippen LogP contribution in [0, 0.1) is 22.7 Å². The first-order valence-electron chi connectivity index (χ1n) is 4.71. The Morgan fingerprint density at radius 1 is 1.50 bits per heavy atom. The first kappa shape index (κ1) is 9.54. The van der Waals surface area contributed by atoms with E-state index in [1.54, 1.807) is 0 Å². The van der Waals surface area contributed by atoms with Crippen molar-refractivity contribution >= 4 is 0 Å². The third-order valence-electron chi connectivity index (χ3n) is 3.03. The Morgan fingerprint density at radius 3 is 2.50 bits per heavy atom. The monoisotopic (exact) mass is 166 g/mol. The van der Waals surface area contributed by atoms with Crippen LogP contribution in [0.25, 0.3) is 0 Å². The first-order valence-corrected chi connectivity index (χ1v) is 4.71. The summed E-state index contributed by atoms with van der Waals surface area (Å²) in [6.45, 7) is 7.31. The van der Waals surface area contributed by atoms with Crippen LogP contribution >= 0.6 is 0 Å². The van der Waals surface area contributed by atoms with Gasteiger partial charge in [-0.15, -0.1) is 0 Å². The quantitative estimate of drug-likeness (QED) is 0.692. The van der Waals surface area contributed by atoms with Gasteiger partial charge < -0.3 is 5.32 Å². The lowest BCUT2D eigenvalue weighted by molar-refractivity contribution is 0.371. The predicted molar refractivity (Wildman–Crippen MR) is 49.6 cm³/mol. The standard InChI is InChI=1S/C10H18N2/c1-8(6-11)7-12-9(2)10(3)4-5-10/h8-9,12H,4-5,7H2,1-3H3. The molecule has 0 aromatic heterocycles. The van der Waals surface area contributed by atoms with Crippen LogP contribution in [0.2, 0.25) is 0 Å². The zero-order chi connectivity index (χ0) is 9.19. The minimum atomic E-state index is 0.134. The minimum Gasteiger partial charge on any atom is -0.312 e. The van der Waals surface area contributed by atoms with E-state index in [1.165, 1.54) is 12.8 Å². The number of nitriles is 1. The first-order chi connectivity index (χ1) is 5.58. The van der Waals surface area contributed by atoms with Crippen molar-refractivity contribution in [2.45, 2.75) is 39.7 Å². The van der Waals surface area contributed by atoms with Crippen LogP contribution in [-0.4, -0.2) is 12.6 Å². The molecule has 0 spiro atoms. The molecule has 1 saturated carbocycles. The van der Waals surface area contributed by atoms with Gasteiger partial charge in [-0.2, -0.15) is 5.26 Å². The molecule has 2 nitrogen and oxygen atoms in total. The second-order valence-electron chi connectivity index (χ2n) is 4.31. The maximum atomic E-state index is 8.58. The second kappa shape index (κ2) is 3.45. The molecule has 1 fully saturated rings. The topological polar surface area (TPSA) is 35.8 Å². The van der Waals surface area contributed by atoms with E-state index in [0.29, 0.717) is 11.5 Å². The highest BCUT2D eigenvalue weighted by Crippen LogP contribution is 2.47. The van der Waals surface area contributed by atoms with E-state index in [1.807, 2.05) is 6.92 Å². The third-order valence-corrected chi connectivity index (χ3v) is 3.03. The minimum absolute atomic E-state index is 0.134. The molecule has 0 saturated heterocycles. The van der Waals surface area contributed by atoms with Crippen molar-refractivity contribution in [1.82, 2.24) is 5.32 Å². The number of rotatable bonds is 4. The van der Waals surface area contributed by atoms with Crippen LogP contribution < -0.4 is 5.32 Å². The molecule has 0 heterocycles.